The van der Waals surface area contributed by atoms with Gasteiger partial charge in [-0.05, 0) is 30.3 Å². The number of benzene rings is 2. The number of amides is 2. The molecule has 0 atom stereocenters. The minimum atomic E-state index is -0.463. The molecule has 0 bridgehead atoms. The van der Waals surface area contributed by atoms with Crippen LogP contribution in [0.4, 0.5) is 0 Å². The first kappa shape index (κ1) is 19.2. The summed E-state index contributed by atoms with van der Waals surface area (Å²) in [6.45, 7) is 2.62. The number of esters is 1. The van der Waals surface area contributed by atoms with Gasteiger partial charge in [0.25, 0.3) is 11.8 Å². The highest BCUT2D eigenvalue weighted by Gasteiger charge is 2.26. The second-order valence-electron chi connectivity index (χ2n) is 6.44. The minimum Gasteiger partial charge on any atom is -0.508 e. The molecule has 0 aliphatic carbocycles. The molecular weight excluding hydrogens is 364 g/mol. The molecule has 146 valence electrons. The predicted molar refractivity (Wildman–Crippen MR) is 99.3 cm³/mol. The number of phenols is 2. The number of hydrogen-bond acceptors (Lipinski definition) is 6. The molecule has 2 aromatic rings. The van der Waals surface area contributed by atoms with Gasteiger partial charge in [0.1, 0.15) is 17.2 Å². The Balaban J connectivity index is 1.64. The van der Waals surface area contributed by atoms with Gasteiger partial charge in [-0.3, -0.25) is 14.4 Å². The molecule has 0 spiro atoms. The Morgan fingerprint density at radius 3 is 1.89 bits per heavy atom. The first-order valence-corrected chi connectivity index (χ1v) is 8.73. The van der Waals surface area contributed by atoms with Crippen LogP contribution in [0.15, 0.2) is 42.5 Å². The largest absolute Gasteiger partial charge is 0.508 e. The van der Waals surface area contributed by atoms with E-state index in [4.69, 9.17) is 4.74 Å². The number of piperazine rings is 1. The van der Waals surface area contributed by atoms with Gasteiger partial charge < -0.3 is 24.7 Å². The van der Waals surface area contributed by atoms with E-state index in [2.05, 4.69) is 0 Å². The maximum absolute atomic E-state index is 12.7. The summed E-state index contributed by atoms with van der Waals surface area (Å²) in [5, 5.41) is 19.1. The van der Waals surface area contributed by atoms with E-state index >= 15 is 0 Å². The summed E-state index contributed by atoms with van der Waals surface area (Å²) in [6.07, 6.45) is 0. The Kier molecular flexibility index (Phi) is 5.49. The smallest absolute Gasteiger partial charge is 0.308 e. The van der Waals surface area contributed by atoms with Gasteiger partial charge in [0.05, 0.1) is 0 Å². The van der Waals surface area contributed by atoms with E-state index in [0.29, 0.717) is 37.5 Å². The quantitative estimate of drug-likeness (QED) is 0.615. The Bertz CT molecular complexity index is 898. The molecule has 0 aromatic heterocycles. The molecule has 8 nitrogen and oxygen atoms in total. The number of carbonyl (C=O) groups excluding carboxylic acids is 3. The molecule has 28 heavy (non-hydrogen) atoms. The summed E-state index contributed by atoms with van der Waals surface area (Å²) < 4.78 is 5.01. The van der Waals surface area contributed by atoms with E-state index in [1.54, 1.807) is 28.0 Å². The van der Waals surface area contributed by atoms with Gasteiger partial charge in [-0.25, -0.2) is 0 Å². The number of nitrogens with zero attached hydrogens (tertiary/aromatic N) is 2. The molecule has 8 heteroatoms. The Morgan fingerprint density at radius 1 is 0.821 bits per heavy atom. The zero-order valence-electron chi connectivity index (χ0n) is 15.3. The topological polar surface area (TPSA) is 107 Å². The first-order chi connectivity index (χ1) is 13.3. The van der Waals surface area contributed by atoms with Crippen molar-refractivity contribution in [2.75, 3.05) is 26.2 Å². The van der Waals surface area contributed by atoms with Gasteiger partial charge in [0, 0.05) is 50.3 Å². The molecule has 0 radical (unpaired) electrons. The molecule has 1 saturated heterocycles. The Morgan fingerprint density at radius 2 is 1.36 bits per heavy atom. The van der Waals surface area contributed by atoms with Crippen LogP contribution in [-0.2, 0) is 4.79 Å². The van der Waals surface area contributed by atoms with Crippen molar-refractivity contribution in [3.05, 3.63) is 53.6 Å². The SMILES string of the molecule is CC(=O)Oc1cccc(C(=O)N2CCN(C(=O)c3cc(O)cc(O)c3)CC2)c1. The number of rotatable bonds is 3. The van der Waals surface area contributed by atoms with Crippen molar-refractivity contribution < 1.29 is 29.3 Å². The minimum absolute atomic E-state index is 0.186. The van der Waals surface area contributed by atoms with Crippen LogP contribution in [0.2, 0.25) is 0 Å². The van der Waals surface area contributed by atoms with Crippen molar-refractivity contribution in [3.63, 3.8) is 0 Å². The van der Waals surface area contributed by atoms with Crippen LogP contribution in [0.25, 0.3) is 0 Å². The van der Waals surface area contributed by atoms with Crippen molar-refractivity contribution in [2.24, 2.45) is 0 Å². The lowest BCUT2D eigenvalue weighted by Crippen LogP contribution is -2.50. The lowest BCUT2D eigenvalue weighted by molar-refractivity contribution is -0.131. The lowest BCUT2D eigenvalue weighted by Gasteiger charge is -2.35. The Labute approximate surface area is 161 Å². The van der Waals surface area contributed by atoms with Crippen LogP contribution in [0, 0.1) is 0 Å². The standard InChI is InChI=1S/C20H20N2O6/c1-13(23)28-18-4-2-3-14(11-18)19(26)21-5-7-22(8-6-21)20(27)15-9-16(24)12-17(25)10-15/h2-4,9-12,24-25H,5-8H2,1H3. The number of hydrogen-bond donors (Lipinski definition) is 2. The van der Waals surface area contributed by atoms with Crippen LogP contribution in [0.5, 0.6) is 17.2 Å². The zero-order valence-corrected chi connectivity index (χ0v) is 15.3. The molecule has 0 unspecified atom stereocenters. The van der Waals surface area contributed by atoms with Crippen molar-refractivity contribution >= 4 is 17.8 Å². The van der Waals surface area contributed by atoms with Crippen LogP contribution in [0.1, 0.15) is 27.6 Å². The molecule has 1 aliphatic heterocycles. The van der Waals surface area contributed by atoms with Gasteiger partial charge in [0.15, 0.2) is 0 Å². The highest BCUT2D eigenvalue weighted by atomic mass is 16.5. The van der Waals surface area contributed by atoms with Crippen LogP contribution in [0.3, 0.4) is 0 Å². The van der Waals surface area contributed by atoms with E-state index in [1.165, 1.54) is 25.1 Å². The maximum atomic E-state index is 12.7. The van der Waals surface area contributed by atoms with Crippen molar-refractivity contribution in [1.29, 1.82) is 0 Å². The van der Waals surface area contributed by atoms with E-state index in [-0.39, 0.29) is 28.9 Å². The second kappa shape index (κ2) is 7.99. The predicted octanol–water partition coefficient (Wildman–Crippen LogP) is 1.62. The summed E-state index contributed by atoms with van der Waals surface area (Å²) in [6, 6.07) is 10.1. The lowest BCUT2D eigenvalue weighted by atomic mass is 10.1. The van der Waals surface area contributed by atoms with E-state index in [9.17, 15) is 24.6 Å². The van der Waals surface area contributed by atoms with Gasteiger partial charge >= 0.3 is 5.97 Å². The molecule has 2 N–H and O–H groups in total. The third kappa shape index (κ3) is 4.40. The van der Waals surface area contributed by atoms with Gasteiger partial charge in [-0.2, -0.15) is 0 Å². The summed E-state index contributed by atoms with van der Waals surface area (Å²) >= 11 is 0. The fourth-order valence-electron chi connectivity index (χ4n) is 3.05. The van der Waals surface area contributed by atoms with Crippen LogP contribution < -0.4 is 4.74 Å². The first-order valence-electron chi connectivity index (χ1n) is 8.73. The monoisotopic (exact) mass is 384 g/mol. The van der Waals surface area contributed by atoms with Gasteiger partial charge in [-0.15, -0.1) is 0 Å². The number of aromatic hydroxyl groups is 2. The third-order valence-corrected chi connectivity index (χ3v) is 4.35. The van der Waals surface area contributed by atoms with Gasteiger partial charge in [-0.1, -0.05) is 6.07 Å². The van der Waals surface area contributed by atoms with Crippen LogP contribution in [-0.4, -0.2) is 64.0 Å². The van der Waals surface area contributed by atoms with E-state index < -0.39 is 5.97 Å². The molecule has 2 amide bonds. The third-order valence-electron chi connectivity index (χ3n) is 4.35. The summed E-state index contributed by atoms with van der Waals surface area (Å²) in [4.78, 5) is 39.5. The Hall–Kier alpha value is -3.55. The fourth-order valence-corrected chi connectivity index (χ4v) is 3.05. The van der Waals surface area contributed by atoms with Crippen LogP contribution >= 0.6 is 0 Å². The molecule has 1 heterocycles. The molecule has 1 aliphatic rings. The normalized spacial score (nSPS) is 13.9. The molecule has 3 rings (SSSR count). The second-order valence-corrected chi connectivity index (χ2v) is 6.44. The molecular formula is C20H20N2O6. The zero-order chi connectivity index (χ0) is 20.3. The van der Waals surface area contributed by atoms with E-state index in [1.807, 2.05) is 0 Å². The average Bonchev–Trinajstić information content (AvgIpc) is 2.66. The highest BCUT2D eigenvalue weighted by molar-refractivity contribution is 5.96. The van der Waals surface area contributed by atoms with Gasteiger partial charge in [0.2, 0.25) is 0 Å². The maximum Gasteiger partial charge on any atom is 0.308 e. The molecule has 2 aromatic carbocycles. The van der Waals surface area contributed by atoms with E-state index in [0.717, 1.165) is 6.07 Å². The highest BCUT2D eigenvalue weighted by Crippen LogP contribution is 2.22. The average molecular weight is 384 g/mol. The molecule has 0 saturated carbocycles. The number of ether oxygens (including phenoxy) is 1. The number of carbonyl (C=O) groups is 3. The number of phenolic OH excluding ortho intramolecular Hbond substituents is 2. The summed E-state index contributed by atoms with van der Waals surface area (Å²) in [5.41, 5.74) is 0.586. The van der Waals surface area contributed by atoms with Crippen molar-refractivity contribution in [1.82, 2.24) is 9.80 Å². The van der Waals surface area contributed by atoms with Crippen molar-refractivity contribution in [2.45, 2.75) is 6.92 Å². The molecule has 1 fully saturated rings. The summed E-state index contributed by atoms with van der Waals surface area (Å²) in [5.74, 6) is -1.08. The summed E-state index contributed by atoms with van der Waals surface area (Å²) in [7, 11) is 0. The van der Waals surface area contributed by atoms with Crippen molar-refractivity contribution in [3.8, 4) is 17.2 Å². The fraction of sp³-hybridized carbons (Fsp3) is 0.250.